The molecule has 0 fully saturated rings. The Labute approximate surface area is 150 Å². The first-order valence-electron chi connectivity index (χ1n) is 6.39. The van der Waals surface area contributed by atoms with Crippen molar-refractivity contribution in [2.45, 2.75) is 19.9 Å². The Morgan fingerprint density at radius 1 is 1.24 bits per heavy atom. The summed E-state index contributed by atoms with van der Waals surface area (Å²) in [5.41, 5.74) is 1.69. The van der Waals surface area contributed by atoms with Gasteiger partial charge in [0.1, 0.15) is 0 Å². The highest BCUT2D eigenvalue weighted by molar-refractivity contribution is 9.12. The van der Waals surface area contributed by atoms with Crippen molar-refractivity contribution in [1.82, 2.24) is 5.32 Å². The Bertz CT molecular complexity index is 640. The zero-order valence-corrected chi connectivity index (χ0v) is 16.2. The van der Waals surface area contributed by atoms with Gasteiger partial charge in [0.2, 0.25) is 0 Å². The minimum absolute atomic E-state index is 0.0552. The van der Waals surface area contributed by atoms with Gasteiger partial charge in [-0.25, -0.2) is 0 Å². The lowest BCUT2D eigenvalue weighted by atomic mass is 9.96. The van der Waals surface area contributed by atoms with Gasteiger partial charge in [-0.1, -0.05) is 37.6 Å². The van der Waals surface area contributed by atoms with Crippen LogP contribution in [0.25, 0.3) is 0 Å². The number of nitrogens with one attached hydrogen (secondary N) is 1. The highest BCUT2D eigenvalue weighted by Crippen LogP contribution is 2.32. The predicted octanol–water partition coefficient (Wildman–Crippen LogP) is 6.05. The fourth-order valence-electron chi connectivity index (χ4n) is 2.02. The lowest BCUT2D eigenvalue weighted by Gasteiger charge is -2.23. The number of thiophene rings is 1. The summed E-state index contributed by atoms with van der Waals surface area (Å²) in [6.07, 6.45) is 0. The molecule has 1 N–H and O–H groups in total. The number of halogens is 3. The van der Waals surface area contributed by atoms with Crippen LogP contribution in [0, 0.1) is 5.92 Å². The van der Waals surface area contributed by atoms with Crippen LogP contribution in [0.3, 0.4) is 0 Å². The van der Waals surface area contributed by atoms with Crippen LogP contribution in [-0.4, -0.2) is 5.91 Å². The molecule has 0 aliphatic rings. The van der Waals surface area contributed by atoms with E-state index in [1.54, 1.807) is 0 Å². The largest absolute Gasteiger partial charge is 0.345 e. The third-order valence-corrected chi connectivity index (χ3v) is 5.67. The topological polar surface area (TPSA) is 29.1 Å². The molecule has 21 heavy (non-hydrogen) atoms. The normalized spacial score (nSPS) is 12.5. The molecule has 2 aromatic rings. The Kier molecular flexibility index (Phi) is 5.88. The summed E-state index contributed by atoms with van der Waals surface area (Å²) in [6, 6.07) is 9.35. The van der Waals surface area contributed by atoms with Gasteiger partial charge in [0.15, 0.2) is 0 Å². The maximum atomic E-state index is 12.5. The molecule has 0 radical (unpaired) electrons. The summed E-state index contributed by atoms with van der Waals surface area (Å²) in [7, 11) is 0. The number of carbonyl (C=O) groups excluding carboxylic acids is 1. The molecule has 0 saturated heterocycles. The van der Waals surface area contributed by atoms with Crippen molar-refractivity contribution in [3.63, 3.8) is 0 Å². The smallest absolute Gasteiger partial charge is 0.253 e. The monoisotopic (exact) mass is 449 g/mol. The number of carbonyl (C=O) groups is 1. The summed E-state index contributed by atoms with van der Waals surface area (Å²) in [5, 5.41) is 3.79. The van der Waals surface area contributed by atoms with E-state index in [-0.39, 0.29) is 17.9 Å². The summed E-state index contributed by atoms with van der Waals surface area (Å²) in [5.74, 6) is 0.188. The van der Waals surface area contributed by atoms with Crippen molar-refractivity contribution >= 4 is 60.7 Å². The Hall–Kier alpha value is -0.360. The summed E-state index contributed by atoms with van der Waals surface area (Å²) < 4.78 is 1.75. The van der Waals surface area contributed by atoms with Crippen molar-refractivity contribution in [1.29, 1.82) is 0 Å². The second kappa shape index (κ2) is 7.27. The summed E-state index contributed by atoms with van der Waals surface area (Å²) in [6.45, 7) is 4.16. The van der Waals surface area contributed by atoms with Crippen LogP contribution in [0.15, 0.2) is 37.9 Å². The van der Waals surface area contributed by atoms with Gasteiger partial charge < -0.3 is 5.32 Å². The molecule has 1 unspecified atom stereocenters. The van der Waals surface area contributed by atoms with E-state index in [9.17, 15) is 4.79 Å². The van der Waals surface area contributed by atoms with Crippen molar-refractivity contribution in [3.8, 4) is 0 Å². The second-order valence-corrected chi connectivity index (χ2v) is 9.17. The van der Waals surface area contributed by atoms with Crippen molar-refractivity contribution in [2.24, 2.45) is 5.92 Å². The van der Waals surface area contributed by atoms with Gasteiger partial charge in [-0.15, -0.1) is 11.3 Å². The van der Waals surface area contributed by atoms with E-state index in [1.165, 1.54) is 11.3 Å². The fourth-order valence-corrected chi connectivity index (χ4v) is 4.94. The van der Waals surface area contributed by atoms with E-state index in [2.05, 4.69) is 51.0 Å². The van der Waals surface area contributed by atoms with Gasteiger partial charge in [-0.2, -0.15) is 0 Å². The SMILES string of the molecule is CC(C)C(NC(=O)c1cc(Br)sc1Br)c1ccc(Cl)cc1. The van der Waals surface area contributed by atoms with Crippen LogP contribution in [0.4, 0.5) is 0 Å². The number of hydrogen-bond donors (Lipinski definition) is 1. The number of rotatable bonds is 4. The highest BCUT2D eigenvalue weighted by atomic mass is 79.9. The maximum absolute atomic E-state index is 12.5. The molecule has 0 bridgehead atoms. The van der Waals surface area contributed by atoms with Gasteiger partial charge in [0.05, 0.1) is 19.2 Å². The Morgan fingerprint density at radius 2 is 1.86 bits per heavy atom. The predicted molar refractivity (Wildman–Crippen MR) is 96.2 cm³/mol. The number of benzene rings is 1. The minimum atomic E-state index is -0.0857. The van der Waals surface area contributed by atoms with Crippen LogP contribution in [-0.2, 0) is 0 Å². The molecule has 0 aliphatic heterocycles. The first-order chi connectivity index (χ1) is 9.88. The molecule has 1 amide bonds. The van der Waals surface area contributed by atoms with Crippen LogP contribution in [0.5, 0.6) is 0 Å². The molecule has 1 heterocycles. The zero-order chi connectivity index (χ0) is 15.6. The maximum Gasteiger partial charge on any atom is 0.253 e. The number of hydrogen-bond acceptors (Lipinski definition) is 2. The van der Waals surface area contributed by atoms with Crippen molar-refractivity contribution < 1.29 is 4.79 Å². The minimum Gasteiger partial charge on any atom is -0.345 e. The van der Waals surface area contributed by atoms with Gasteiger partial charge in [0.25, 0.3) is 5.91 Å². The Morgan fingerprint density at radius 3 is 2.33 bits per heavy atom. The van der Waals surface area contributed by atoms with Gasteiger partial charge in [-0.3, -0.25) is 4.79 Å². The zero-order valence-electron chi connectivity index (χ0n) is 11.5. The fraction of sp³-hybridized carbons (Fsp3) is 0.267. The van der Waals surface area contributed by atoms with Crippen LogP contribution >= 0.6 is 54.8 Å². The van der Waals surface area contributed by atoms with Gasteiger partial charge in [0, 0.05) is 5.02 Å². The molecule has 2 nitrogen and oxygen atoms in total. The summed E-state index contributed by atoms with van der Waals surface area (Å²) >= 11 is 14.2. The molecule has 6 heteroatoms. The standard InChI is InChI=1S/C15H14Br2ClNOS/c1-8(2)13(9-3-5-10(18)6-4-9)19-15(20)11-7-12(16)21-14(11)17/h3-8,13H,1-2H3,(H,19,20). The van der Waals surface area contributed by atoms with E-state index >= 15 is 0 Å². The van der Waals surface area contributed by atoms with Gasteiger partial charge in [-0.05, 0) is 61.5 Å². The summed E-state index contributed by atoms with van der Waals surface area (Å²) in [4.78, 5) is 12.5. The average Bonchev–Trinajstić information content (AvgIpc) is 2.76. The molecule has 2 rings (SSSR count). The highest BCUT2D eigenvalue weighted by Gasteiger charge is 2.21. The quantitative estimate of drug-likeness (QED) is 0.602. The molecule has 0 saturated carbocycles. The van der Waals surface area contributed by atoms with Crippen LogP contribution in [0.2, 0.25) is 5.02 Å². The number of amides is 1. The van der Waals surface area contributed by atoms with Crippen molar-refractivity contribution in [2.75, 3.05) is 0 Å². The molecule has 0 aliphatic carbocycles. The Balaban J connectivity index is 2.22. The molecule has 1 aromatic carbocycles. The van der Waals surface area contributed by atoms with Gasteiger partial charge >= 0.3 is 0 Å². The molecule has 0 spiro atoms. The lowest BCUT2D eigenvalue weighted by molar-refractivity contribution is 0.0925. The molecule has 1 aromatic heterocycles. The molecule has 112 valence electrons. The van der Waals surface area contributed by atoms with Crippen molar-refractivity contribution in [3.05, 3.63) is 54.1 Å². The van der Waals surface area contributed by atoms with E-state index in [0.717, 1.165) is 13.1 Å². The van der Waals surface area contributed by atoms with E-state index in [4.69, 9.17) is 11.6 Å². The second-order valence-electron chi connectivity index (χ2n) is 4.98. The first-order valence-corrected chi connectivity index (χ1v) is 9.17. The lowest BCUT2D eigenvalue weighted by Crippen LogP contribution is -2.31. The van der Waals surface area contributed by atoms with E-state index in [0.29, 0.717) is 10.6 Å². The third kappa shape index (κ3) is 4.31. The van der Waals surface area contributed by atoms with Crippen LogP contribution < -0.4 is 5.32 Å². The van der Waals surface area contributed by atoms with E-state index in [1.807, 2.05) is 30.3 Å². The average molecular weight is 452 g/mol. The molecular weight excluding hydrogens is 437 g/mol. The molecular formula is C15H14Br2ClNOS. The molecule has 1 atom stereocenters. The van der Waals surface area contributed by atoms with E-state index < -0.39 is 0 Å². The third-order valence-electron chi connectivity index (χ3n) is 3.08. The first kappa shape index (κ1) is 17.0. The van der Waals surface area contributed by atoms with Crippen LogP contribution in [0.1, 0.15) is 35.8 Å².